The molecule has 0 fully saturated rings. The number of aryl methyl sites for hydroxylation is 1. The van der Waals surface area contributed by atoms with Crippen LogP contribution in [-0.4, -0.2) is 24.6 Å². The van der Waals surface area contributed by atoms with Crippen LogP contribution in [0.3, 0.4) is 0 Å². The van der Waals surface area contributed by atoms with Gasteiger partial charge >= 0.3 is 6.03 Å². The molecule has 7 heteroatoms. The van der Waals surface area contributed by atoms with E-state index in [1.165, 1.54) is 12.1 Å². The summed E-state index contributed by atoms with van der Waals surface area (Å²) >= 11 is 1.55. The quantitative estimate of drug-likeness (QED) is 0.509. The number of pyridine rings is 1. The second-order valence-corrected chi connectivity index (χ2v) is 9.69. The molecule has 0 unspecified atom stereocenters. The first-order chi connectivity index (χ1) is 15.3. The highest BCUT2D eigenvalue weighted by Crippen LogP contribution is 2.40. The number of hydrogen-bond acceptors (Lipinski definition) is 4. The summed E-state index contributed by atoms with van der Waals surface area (Å²) in [6.45, 7) is 7.06. The van der Waals surface area contributed by atoms with Crippen molar-refractivity contribution in [3.8, 4) is 11.3 Å². The number of carbonyl (C=O) groups is 1. The zero-order valence-corrected chi connectivity index (χ0v) is 19.5. The van der Waals surface area contributed by atoms with Crippen molar-refractivity contribution in [2.75, 3.05) is 18.5 Å². The molecule has 2 amide bonds. The Kier molecular flexibility index (Phi) is 6.22. The van der Waals surface area contributed by atoms with Crippen LogP contribution in [0.25, 0.3) is 11.3 Å². The Morgan fingerprint density at radius 2 is 1.91 bits per heavy atom. The van der Waals surface area contributed by atoms with Crippen LogP contribution in [0, 0.1) is 12.7 Å². The van der Waals surface area contributed by atoms with Crippen LogP contribution in [0.15, 0.2) is 59.5 Å². The Bertz CT molecular complexity index is 1150. The summed E-state index contributed by atoms with van der Waals surface area (Å²) in [5.74, 6) is -0.258. The van der Waals surface area contributed by atoms with Gasteiger partial charge in [0.1, 0.15) is 5.82 Å². The first-order valence-corrected chi connectivity index (χ1v) is 11.4. The minimum absolute atomic E-state index is 0.141. The Labute approximate surface area is 192 Å². The molecule has 1 aromatic heterocycles. The average molecular weight is 451 g/mol. The normalized spacial score (nSPS) is 14.3. The van der Waals surface area contributed by atoms with E-state index < -0.39 is 0 Å². The van der Waals surface area contributed by atoms with Crippen molar-refractivity contribution in [2.24, 2.45) is 0 Å². The van der Waals surface area contributed by atoms with Crippen molar-refractivity contribution in [2.45, 2.75) is 37.6 Å². The third kappa shape index (κ3) is 4.49. The minimum atomic E-state index is -0.289. The van der Waals surface area contributed by atoms with Gasteiger partial charge in [0.2, 0.25) is 0 Å². The second kappa shape index (κ2) is 8.92. The summed E-state index contributed by atoms with van der Waals surface area (Å²) in [6.07, 6.45) is 0. The molecule has 5 nitrogen and oxygen atoms in total. The molecule has 0 radical (unpaired) electrons. The van der Waals surface area contributed by atoms with Crippen LogP contribution in [0.1, 0.15) is 30.7 Å². The SMILES string of the molecule is CNSc1ccc(CNC(=O)N2CC(C)(C)c3nc(-c4ccc(F)cc4C)ccc32)cc1. The Hall–Kier alpha value is -2.90. The predicted octanol–water partition coefficient (Wildman–Crippen LogP) is 5.43. The van der Waals surface area contributed by atoms with E-state index in [-0.39, 0.29) is 17.3 Å². The number of hydrogen-bond donors (Lipinski definition) is 2. The Balaban J connectivity index is 1.53. The summed E-state index contributed by atoms with van der Waals surface area (Å²) in [4.78, 5) is 20.8. The van der Waals surface area contributed by atoms with Crippen molar-refractivity contribution in [3.63, 3.8) is 0 Å². The molecule has 0 saturated heterocycles. The third-order valence-electron chi connectivity index (χ3n) is 5.66. The average Bonchev–Trinajstić information content (AvgIpc) is 3.04. The first kappa shape index (κ1) is 22.3. The van der Waals surface area contributed by atoms with Gasteiger partial charge < -0.3 is 5.32 Å². The molecule has 3 aromatic rings. The summed E-state index contributed by atoms with van der Waals surface area (Å²) in [7, 11) is 1.88. The predicted molar refractivity (Wildman–Crippen MR) is 128 cm³/mol. The number of halogens is 1. The molecule has 0 bridgehead atoms. The van der Waals surface area contributed by atoms with Crippen LogP contribution in [0.2, 0.25) is 0 Å². The molecule has 32 heavy (non-hydrogen) atoms. The van der Waals surface area contributed by atoms with Crippen molar-refractivity contribution in [3.05, 3.63) is 77.2 Å². The lowest BCUT2D eigenvalue weighted by Crippen LogP contribution is -2.41. The van der Waals surface area contributed by atoms with Gasteiger partial charge in [0.15, 0.2) is 0 Å². The largest absolute Gasteiger partial charge is 0.334 e. The number of carbonyl (C=O) groups excluding carboxylic acids is 1. The van der Waals surface area contributed by atoms with Gasteiger partial charge in [-0.05, 0) is 79.5 Å². The molecule has 0 atom stereocenters. The van der Waals surface area contributed by atoms with Gasteiger partial charge in [0.05, 0.1) is 17.1 Å². The third-order valence-corrected chi connectivity index (χ3v) is 6.37. The van der Waals surface area contributed by atoms with Crippen molar-refractivity contribution >= 4 is 23.7 Å². The molecule has 1 aliphatic heterocycles. The van der Waals surface area contributed by atoms with Crippen LogP contribution in [-0.2, 0) is 12.0 Å². The highest BCUT2D eigenvalue weighted by atomic mass is 32.2. The molecular formula is C25H27FN4OS. The van der Waals surface area contributed by atoms with Crippen molar-refractivity contribution in [1.29, 1.82) is 0 Å². The zero-order chi connectivity index (χ0) is 22.9. The lowest BCUT2D eigenvalue weighted by atomic mass is 9.91. The maximum absolute atomic E-state index is 13.5. The molecule has 2 aromatic carbocycles. The Morgan fingerprint density at radius 3 is 2.59 bits per heavy atom. The number of urea groups is 1. The smallest absolute Gasteiger partial charge is 0.322 e. The molecule has 2 heterocycles. The van der Waals surface area contributed by atoms with Gasteiger partial charge in [-0.2, -0.15) is 0 Å². The number of aromatic nitrogens is 1. The standard InChI is InChI=1S/C25H27FN4OS/c1-16-13-18(26)7-10-20(16)21-11-12-22-23(29-21)25(2,3)15-30(22)24(31)28-14-17-5-8-19(9-6-17)32-27-4/h5-13,27H,14-15H2,1-4H3,(H,28,31). The van der Waals surface area contributed by atoms with E-state index in [1.807, 2.05) is 50.4 Å². The van der Waals surface area contributed by atoms with E-state index in [1.54, 1.807) is 22.9 Å². The van der Waals surface area contributed by atoms with E-state index in [2.05, 4.69) is 23.9 Å². The monoisotopic (exact) mass is 450 g/mol. The van der Waals surface area contributed by atoms with Crippen molar-refractivity contribution in [1.82, 2.24) is 15.0 Å². The van der Waals surface area contributed by atoms with E-state index in [0.29, 0.717) is 13.1 Å². The maximum Gasteiger partial charge on any atom is 0.322 e. The van der Waals surface area contributed by atoms with Gasteiger partial charge in [-0.3, -0.25) is 9.62 Å². The number of anilines is 1. The lowest BCUT2D eigenvalue weighted by molar-refractivity contribution is 0.245. The molecule has 4 rings (SSSR count). The molecule has 1 aliphatic rings. The number of rotatable bonds is 5. The molecular weight excluding hydrogens is 423 g/mol. The number of benzene rings is 2. The fourth-order valence-corrected chi connectivity index (χ4v) is 4.54. The first-order valence-electron chi connectivity index (χ1n) is 10.5. The van der Waals surface area contributed by atoms with Gasteiger partial charge in [-0.15, -0.1) is 0 Å². The van der Waals surface area contributed by atoms with Gasteiger partial charge in [-0.25, -0.2) is 14.2 Å². The van der Waals surface area contributed by atoms with Crippen LogP contribution in [0.5, 0.6) is 0 Å². The second-order valence-electron chi connectivity index (χ2n) is 8.60. The van der Waals surface area contributed by atoms with E-state index in [4.69, 9.17) is 4.98 Å². The van der Waals surface area contributed by atoms with E-state index in [9.17, 15) is 9.18 Å². The molecule has 0 aliphatic carbocycles. The summed E-state index contributed by atoms with van der Waals surface area (Å²) < 4.78 is 16.6. The molecule has 166 valence electrons. The highest BCUT2D eigenvalue weighted by Gasteiger charge is 2.39. The number of amides is 2. The molecule has 0 saturated carbocycles. The van der Waals surface area contributed by atoms with E-state index in [0.717, 1.165) is 38.7 Å². The minimum Gasteiger partial charge on any atom is -0.334 e. The summed E-state index contributed by atoms with van der Waals surface area (Å²) in [6, 6.07) is 16.5. The zero-order valence-electron chi connectivity index (χ0n) is 18.7. The van der Waals surface area contributed by atoms with Gasteiger partial charge in [0.25, 0.3) is 0 Å². The van der Waals surface area contributed by atoms with Gasteiger partial charge in [0, 0.05) is 29.0 Å². The maximum atomic E-state index is 13.5. The topological polar surface area (TPSA) is 57.3 Å². The van der Waals surface area contributed by atoms with Crippen LogP contribution < -0.4 is 14.9 Å². The molecule has 2 N–H and O–H groups in total. The van der Waals surface area contributed by atoms with Crippen LogP contribution >= 0.6 is 11.9 Å². The number of nitrogens with one attached hydrogen (secondary N) is 2. The van der Waals surface area contributed by atoms with Crippen molar-refractivity contribution < 1.29 is 9.18 Å². The van der Waals surface area contributed by atoms with E-state index >= 15 is 0 Å². The summed E-state index contributed by atoms with van der Waals surface area (Å²) in [5, 5.41) is 3.03. The fraction of sp³-hybridized carbons (Fsp3) is 0.280. The molecule has 0 spiro atoms. The van der Waals surface area contributed by atoms with Crippen LogP contribution in [0.4, 0.5) is 14.9 Å². The number of fused-ring (bicyclic) bond motifs is 1. The Morgan fingerprint density at radius 1 is 1.16 bits per heavy atom. The highest BCUT2D eigenvalue weighted by molar-refractivity contribution is 7.97. The fourth-order valence-electron chi connectivity index (χ4n) is 4.03. The lowest BCUT2D eigenvalue weighted by Gasteiger charge is -2.20. The number of nitrogens with zero attached hydrogens (tertiary/aromatic N) is 2. The summed E-state index contributed by atoms with van der Waals surface area (Å²) in [5.41, 5.74) is 4.96. The van der Waals surface area contributed by atoms with Gasteiger partial charge in [-0.1, -0.05) is 26.0 Å².